The Labute approximate surface area is 140 Å². The Bertz CT molecular complexity index is 684. The van der Waals surface area contributed by atoms with Gasteiger partial charge in [-0.3, -0.25) is 4.79 Å². The van der Waals surface area contributed by atoms with Crippen molar-refractivity contribution in [2.45, 2.75) is 19.5 Å². The van der Waals surface area contributed by atoms with Gasteiger partial charge in [0.25, 0.3) is 0 Å². The lowest BCUT2D eigenvalue weighted by Crippen LogP contribution is -2.30. The Hall–Kier alpha value is -2.95. The summed E-state index contributed by atoms with van der Waals surface area (Å²) in [6.07, 6.45) is 3.49. The Morgan fingerprint density at radius 2 is 1.50 bits per heavy atom. The van der Waals surface area contributed by atoms with Gasteiger partial charge in [0.1, 0.15) is 17.3 Å². The summed E-state index contributed by atoms with van der Waals surface area (Å²) in [5, 5.41) is 0. The second kappa shape index (κ2) is 8.06. The van der Waals surface area contributed by atoms with E-state index in [9.17, 15) is 4.79 Å². The molecule has 0 saturated carbocycles. The zero-order chi connectivity index (χ0) is 16.6. The minimum atomic E-state index is -0.0151. The van der Waals surface area contributed by atoms with Crippen molar-refractivity contribution in [1.29, 1.82) is 0 Å². The van der Waals surface area contributed by atoms with Crippen LogP contribution in [0.1, 0.15) is 17.9 Å². The molecule has 3 aromatic rings. The van der Waals surface area contributed by atoms with Crippen LogP contribution < -0.4 is 4.74 Å². The van der Waals surface area contributed by atoms with Crippen LogP contribution >= 0.6 is 0 Å². The third-order valence-corrected chi connectivity index (χ3v) is 3.53. The molecular formula is C19H19NO4. The lowest BCUT2D eigenvalue weighted by Gasteiger charge is -2.20. The maximum atomic E-state index is 12.5. The molecule has 2 aromatic heterocycles. The number of benzene rings is 1. The maximum Gasteiger partial charge on any atom is 0.226 e. The zero-order valence-corrected chi connectivity index (χ0v) is 13.3. The lowest BCUT2D eigenvalue weighted by molar-refractivity contribution is -0.133. The van der Waals surface area contributed by atoms with Crippen LogP contribution in [0.2, 0.25) is 0 Å². The highest BCUT2D eigenvalue weighted by atomic mass is 16.5. The molecule has 5 heteroatoms. The van der Waals surface area contributed by atoms with E-state index in [2.05, 4.69) is 0 Å². The van der Waals surface area contributed by atoms with Crippen molar-refractivity contribution in [2.75, 3.05) is 6.61 Å². The van der Waals surface area contributed by atoms with E-state index in [0.717, 1.165) is 17.3 Å². The van der Waals surface area contributed by atoms with Crippen LogP contribution in [0, 0.1) is 0 Å². The van der Waals surface area contributed by atoms with Gasteiger partial charge in [0.05, 0.1) is 38.6 Å². The zero-order valence-electron chi connectivity index (χ0n) is 13.3. The first kappa shape index (κ1) is 15.9. The standard InChI is InChI=1S/C19H19NO4/c21-19(10-13-24-16-6-2-1-3-7-16)20(14-17-8-4-11-22-17)15-18-9-5-12-23-18/h1-9,11-12H,10,13-15H2. The Morgan fingerprint density at radius 3 is 2.04 bits per heavy atom. The van der Waals surface area contributed by atoms with Gasteiger partial charge in [0, 0.05) is 0 Å². The molecule has 0 aliphatic rings. The first-order chi connectivity index (χ1) is 11.8. The summed E-state index contributed by atoms with van der Waals surface area (Å²) in [4.78, 5) is 14.2. The van der Waals surface area contributed by atoms with Crippen molar-refractivity contribution >= 4 is 5.91 Å². The van der Waals surface area contributed by atoms with E-state index < -0.39 is 0 Å². The number of nitrogens with zero attached hydrogens (tertiary/aromatic N) is 1. The molecule has 0 aliphatic heterocycles. The highest BCUT2D eigenvalue weighted by Gasteiger charge is 2.17. The van der Waals surface area contributed by atoms with Crippen LogP contribution in [-0.4, -0.2) is 17.4 Å². The number of hydrogen-bond acceptors (Lipinski definition) is 4. The highest BCUT2D eigenvalue weighted by molar-refractivity contribution is 5.76. The summed E-state index contributed by atoms with van der Waals surface area (Å²) in [6, 6.07) is 16.8. The molecule has 0 aliphatic carbocycles. The Morgan fingerprint density at radius 1 is 0.875 bits per heavy atom. The monoisotopic (exact) mass is 325 g/mol. The number of carbonyl (C=O) groups excluding carboxylic acids is 1. The third kappa shape index (κ3) is 4.52. The van der Waals surface area contributed by atoms with Gasteiger partial charge in [-0.2, -0.15) is 0 Å². The predicted octanol–water partition coefficient (Wildman–Crippen LogP) is 3.87. The van der Waals surface area contributed by atoms with E-state index in [1.54, 1.807) is 17.4 Å². The van der Waals surface area contributed by atoms with Crippen molar-refractivity contribution in [3.05, 3.63) is 78.6 Å². The molecule has 0 unspecified atom stereocenters. The molecule has 124 valence electrons. The topological polar surface area (TPSA) is 55.8 Å². The summed E-state index contributed by atoms with van der Waals surface area (Å²) < 4.78 is 16.3. The van der Waals surface area contributed by atoms with Crippen LogP contribution in [0.15, 0.2) is 76.0 Å². The summed E-state index contributed by atoms with van der Waals surface area (Å²) >= 11 is 0. The minimum absolute atomic E-state index is 0.0151. The summed E-state index contributed by atoms with van der Waals surface area (Å²) in [6.45, 7) is 1.13. The molecule has 0 spiro atoms. The number of carbonyl (C=O) groups is 1. The van der Waals surface area contributed by atoms with Gasteiger partial charge in [0.2, 0.25) is 5.91 Å². The van der Waals surface area contributed by atoms with Gasteiger partial charge < -0.3 is 18.5 Å². The number of hydrogen-bond donors (Lipinski definition) is 0. The average molecular weight is 325 g/mol. The first-order valence-corrected chi connectivity index (χ1v) is 7.81. The molecule has 0 fully saturated rings. The molecule has 24 heavy (non-hydrogen) atoms. The van der Waals surface area contributed by atoms with Crippen LogP contribution in [0.3, 0.4) is 0 Å². The molecule has 2 heterocycles. The number of amides is 1. The molecule has 0 N–H and O–H groups in total. The lowest BCUT2D eigenvalue weighted by atomic mass is 10.3. The first-order valence-electron chi connectivity index (χ1n) is 7.81. The van der Waals surface area contributed by atoms with Crippen LogP contribution in [0.25, 0.3) is 0 Å². The number of ether oxygens (including phenoxy) is 1. The molecule has 0 saturated heterocycles. The van der Waals surface area contributed by atoms with Crippen LogP contribution in [-0.2, 0) is 17.9 Å². The van der Waals surface area contributed by atoms with E-state index >= 15 is 0 Å². The fraction of sp³-hybridized carbons (Fsp3) is 0.211. The van der Waals surface area contributed by atoms with Gasteiger partial charge in [-0.1, -0.05) is 18.2 Å². The molecular weight excluding hydrogens is 306 g/mol. The largest absolute Gasteiger partial charge is 0.493 e. The fourth-order valence-electron chi connectivity index (χ4n) is 2.34. The van der Waals surface area contributed by atoms with Crippen LogP contribution in [0.4, 0.5) is 0 Å². The van der Waals surface area contributed by atoms with E-state index in [4.69, 9.17) is 13.6 Å². The Kier molecular flexibility index (Phi) is 5.35. The maximum absolute atomic E-state index is 12.5. The molecule has 3 rings (SSSR count). The van der Waals surface area contributed by atoms with E-state index in [-0.39, 0.29) is 12.3 Å². The smallest absolute Gasteiger partial charge is 0.226 e. The van der Waals surface area contributed by atoms with Crippen molar-refractivity contribution in [1.82, 2.24) is 4.90 Å². The molecule has 0 radical (unpaired) electrons. The van der Waals surface area contributed by atoms with E-state index in [1.165, 1.54) is 0 Å². The number of furan rings is 2. The van der Waals surface area contributed by atoms with Crippen LogP contribution in [0.5, 0.6) is 5.75 Å². The number of rotatable bonds is 8. The molecule has 0 atom stereocenters. The second-order valence-electron chi connectivity index (χ2n) is 5.32. The van der Waals surface area contributed by atoms with Crippen molar-refractivity contribution < 1.29 is 18.4 Å². The van der Waals surface area contributed by atoms with Gasteiger partial charge in [0.15, 0.2) is 0 Å². The van der Waals surface area contributed by atoms with Gasteiger partial charge in [-0.25, -0.2) is 0 Å². The fourth-order valence-corrected chi connectivity index (χ4v) is 2.34. The number of para-hydroxylation sites is 1. The molecule has 0 bridgehead atoms. The van der Waals surface area contributed by atoms with Gasteiger partial charge >= 0.3 is 0 Å². The molecule has 5 nitrogen and oxygen atoms in total. The quantitative estimate of drug-likeness (QED) is 0.631. The molecule has 1 amide bonds. The summed E-state index contributed by atoms with van der Waals surface area (Å²) in [5.74, 6) is 2.21. The summed E-state index contributed by atoms with van der Waals surface area (Å²) in [5.41, 5.74) is 0. The van der Waals surface area contributed by atoms with E-state index in [1.807, 2.05) is 54.6 Å². The van der Waals surface area contributed by atoms with Gasteiger partial charge in [-0.05, 0) is 36.4 Å². The predicted molar refractivity (Wildman–Crippen MR) is 88.2 cm³/mol. The van der Waals surface area contributed by atoms with Crippen molar-refractivity contribution in [3.8, 4) is 5.75 Å². The minimum Gasteiger partial charge on any atom is -0.493 e. The normalized spacial score (nSPS) is 10.5. The van der Waals surface area contributed by atoms with Crippen molar-refractivity contribution in [2.24, 2.45) is 0 Å². The Balaban J connectivity index is 1.57. The second-order valence-corrected chi connectivity index (χ2v) is 5.32. The summed E-state index contributed by atoms with van der Waals surface area (Å²) in [7, 11) is 0. The SMILES string of the molecule is O=C(CCOc1ccccc1)N(Cc1ccco1)Cc1ccco1. The van der Waals surface area contributed by atoms with Gasteiger partial charge in [-0.15, -0.1) is 0 Å². The third-order valence-electron chi connectivity index (χ3n) is 3.53. The van der Waals surface area contributed by atoms with Crippen molar-refractivity contribution in [3.63, 3.8) is 0 Å². The van der Waals surface area contributed by atoms with E-state index in [0.29, 0.717) is 19.7 Å². The average Bonchev–Trinajstić information content (AvgIpc) is 3.29. The molecule has 1 aromatic carbocycles. The highest BCUT2D eigenvalue weighted by Crippen LogP contribution is 2.13.